The molecule has 0 atom stereocenters. The van der Waals surface area contributed by atoms with Gasteiger partial charge in [-0.1, -0.05) is 0 Å². The van der Waals surface area contributed by atoms with Crippen molar-refractivity contribution in [2.45, 2.75) is 13.5 Å². The number of halogens is 1. The Labute approximate surface area is 182 Å². The molecule has 0 radical (unpaired) electrons. The third-order valence-electron chi connectivity index (χ3n) is 3.87. The van der Waals surface area contributed by atoms with Crippen LogP contribution in [0.2, 0.25) is 0 Å². The van der Waals surface area contributed by atoms with Gasteiger partial charge in [0, 0.05) is 28.4 Å². The minimum atomic E-state index is -0.505. The Bertz CT molecular complexity index is 988. The number of anilines is 1. The second-order valence-electron chi connectivity index (χ2n) is 5.95. The number of hydrogen-bond donors (Lipinski definition) is 1. The fourth-order valence-electron chi connectivity index (χ4n) is 2.50. The van der Waals surface area contributed by atoms with Crippen molar-refractivity contribution < 1.29 is 23.7 Å². The minimum absolute atomic E-state index is 0.242. The molecule has 0 bridgehead atoms. The smallest absolute Gasteiger partial charge is 0.343 e. The van der Waals surface area contributed by atoms with E-state index in [-0.39, 0.29) is 6.61 Å². The zero-order chi connectivity index (χ0) is 22.1. The number of esters is 1. The Kier molecular flexibility index (Phi) is 8.58. The van der Waals surface area contributed by atoms with Crippen LogP contribution in [0.15, 0.2) is 27.8 Å². The summed E-state index contributed by atoms with van der Waals surface area (Å²) >= 11 is 3.44. The summed E-state index contributed by atoms with van der Waals surface area (Å²) in [5.74, 6) is 0.616. The fraction of sp³-hybridized carbons (Fsp3) is 0.300. The Hall–Kier alpha value is -3.16. The molecule has 1 aromatic heterocycles. The number of nitrogens with zero attached hydrogens (tertiary/aromatic N) is 3. The summed E-state index contributed by atoms with van der Waals surface area (Å²) in [6.45, 7) is 1.87. The van der Waals surface area contributed by atoms with E-state index < -0.39 is 5.97 Å². The third kappa shape index (κ3) is 5.92. The van der Waals surface area contributed by atoms with Crippen molar-refractivity contribution in [2.75, 3.05) is 33.4 Å². The van der Waals surface area contributed by atoms with E-state index in [9.17, 15) is 10.1 Å². The topological polar surface area (TPSA) is 115 Å². The molecule has 0 aliphatic rings. The van der Waals surface area contributed by atoms with Gasteiger partial charge in [0.25, 0.3) is 0 Å². The van der Waals surface area contributed by atoms with Crippen LogP contribution in [0.1, 0.15) is 22.4 Å². The van der Waals surface area contributed by atoms with Crippen molar-refractivity contribution >= 4 is 33.9 Å². The van der Waals surface area contributed by atoms with Crippen LogP contribution in [-0.2, 0) is 20.9 Å². The highest BCUT2D eigenvalue weighted by Crippen LogP contribution is 2.33. The fourth-order valence-corrected chi connectivity index (χ4v) is 2.92. The summed E-state index contributed by atoms with van der Waals surface area (Å²) in [5, 5.41) is 13.7. The number of hydrazone groups is 1. The van der Waals surface area contributed by atoms with Crippen LogP contribution in [0, 0.1) is 18.3 Å². The van der Waals surface area contributed by atoms with E-state index in [4.69, 9.17) is 14.2 Å². The van der Waals surface area contributed by atoms with Crippen molar-refractivity contribution in [1.82, 2.24) is 4.98 Å². The largest absolute Gasteiger partial charge is 0.493 e. The number of benzene rings is 1. The van der Waals surface area contributed by atoms with E-state index in [2.05, 4.69) is 42.2 Å². The van der Waals surface area contributed by atoms with E-state index >= 15 is 0 Å². The van der Waals surface area contributed by atoms with Crippen LogP contribution >= 0.6 is 15.9 Å². The van der Waals surface area contributed by atoms with Gasteiger partial charge in [-0.25, -0.2) is 9.78 Å². The van der Waals surface area contributed by atoms with Crippen molar-refractivity contribution in [2.24, 2.45) is 5.10 Å². The summed E-state index contributed by atoms with van der Waals surface area (Å²) in [4.78, 5) is 15.6. The van der Waals surface area contributed by atoms with Gasteiger partial charge in [-0.05, 0) is 41.1 Å². The molecule has 2 rings (SSSR count). The van der Waals surface area contributed by atoms with E-state index in [1.165, 1.54) is 20.4 Å². The lowest BCUT2D eigenvalue weighted by Gasteiger charge is -2.12. The van der Waals surface area contributed by atoms with E-state index in [1.807, 2.05) is 6.92 Å². The molecule has 10 heteroatoms. The average molecular weight is 477 g/mol. The number of nitrogens with one attached hydrogen (secondary N) is 1. The Balaban J connectivity index is 2.24. The molecule has 0 aliphatic heterocycles. The maximum absolute atomic E-state index is 11.3. The number of aryl methyl sites for hydroxylation is 1. The average Bonchev–Trinajstić information content (AvgIpc) is 2.73. The monoisotopic (exact) mass is 476 g/mol. The Morgan fingerprint density at radius 3 is 2.70 bits per heavy atom. The molecule has 0 fully saturated rings. The van der Waals surface area contributed by atoms with Gasteiger partial charge in [-0.15, -0.1) is 0 Å². The molecule has 30 heavy (non-hydrogen) atoms. The Morgan fingerprint density at radius 2 is 2.07 bits per heavy atom. The molecule has 158 valence electrons. The SMILES string of the molecule is COCc1cc(C)nc(N/N=C/c2cc(OC)c(OCC(=O)OC)cc2Br)c1C#N. The van der Waals surface area contributed by atoms with Crippen LogP contribution < -0.4 is 14.9 Å². The second kappa shape index (κ2) is 11.1. The molecule has 0 spiro atoms. The number of carbonyl (C=O) groups is 1. The van der Waals surface area contributed by atoms with Gasteiger partial charge in [-0.2, -0.15) is 10.4 Å². The molecule has 0 saturated heterocycles. The van der Waals surface area contributed by atoms with Gasteiger partial charge in [0.05, 0.1) is 27.0 Å². The first-order valence-corrected chi connectivity index (χ1v) is 9.48. The first-order chi connectivity index (χ1) is 14.4. The summed E-state index contributed by atoms with van der Waals surface area (Å²) in [6, 6.07) is 7.27. The maximum Gasteiger partial charge on any atom is 0.343 e. The number of pyridine rings is 1. The number of methoxy groups -OCH3 is 3. The maximum atomic E-state index is 11.3. The number of hydrogen-bond acceptors (Lipinski definition) is 9. The molecule has 1 aromatic carbocycles. The molecule has 0 amide bonds. The van der Waals surface area contributed by atoms with Gasteiger partial charge in [0.1, 0.15) is 11.6 Å². The number of carbonyl (C=O) groups excluding carboxylic acids is 1. The van der Waals surface area contributed by atoms with Crippen molar-refractivity contribution in [3.8, 4) is 17.6 Å². The van der Waals surface area contributed by atoms with E-state index in [0.29, 0.717) is 39.5 Å². The third-order valence-corrected chi connectivity index (χ3v) is 4.56. The lowest BCUT2D eigenvalue weighted by Crippen LogP contribution is -2.13. The predicted molar refractivity (Wildman–Crippen MR) is 114 cm³/mol. The van der Waals surface area contributed by atoms with Crippen LogP contribution in [0.25, 0.3) is 0 Å². The first-order valence-electron chi connectivity index (χ1n) is 8.69. The van der Waals surface area contributed by atoms with Crippen molar-refractivity contribution in [3.63, 3.8) is 0 Å². The summed E-state index contributed by atoms with van der Waals surface area (Å²) in [7, 11) is 4.33. The van der Waals surface area contributed by atoms with Gasteiger partial charge in [-0.3, -0.25) is 5.43 Å². The van der Waals surface area contributed by atoms with Gasteiger partial charge < -0.3 is 18.9 Å². The van der Waals surface area contributed by atoms with Gasteiger partial charge in [0.2, 0.25) is 0 Å². The zero-order valence-electron chi connectivity index (χ0n) is 17.0. The number of rotatable bonds is 9. The zero-order valence-corrected chi connectivity index (χ0v) is 18.6. The molecule has 1 heterocycles. The molecule has 0 unspecified atom stereocenters. The normalized spacial score (nSPS) is 10.5. The summed E-state index contributed by atoms with van der Waals surface area (Å²) < 4.78 is 21.1. The molecular weight excluding hydrogens is 456 g/mol. The quantitative estimate of drug-likeness (QED) is 0.333. The van der Waals surface area contributed by atoms with Crippen LogP contribution in [-0.4, -0.2) is 45.1 Å². The van der Waals surface area contributed by atoms with Gasteiger partial charge in [0.15, 0.2) is 23.9 Å². The highest BCUT2D eigenvalue weighted by Gasteiger charge is 2.13. The lowest BCUT2D eigenvalue weighted by molar-refractivity contribution is -0.142. The summed E-state index contributed by atoms with van der Waals surface area (Å²) in [5.41, 5.74) is 5.30. The second-order valence-corrected chi connectivity index (χ2v) is 6.80. The van der Waals surface area contributed by atoms with Crippen molar-refractivity contribution in [1.29, 1.82) is 5.26 Å². The summed E-state index contributed by atoms with van der Waals surface area (Å²) in [6.07, 6.45) is 1.54. The standard InChI is InChI=1S/C20H21BrN4O5/c1-12-5-14(10-27-2)15(8-22)20(24-12)25-23-9-13-6-17(28-3)18(7-16(13)21)30-11-19(26)29-4/h5-7,9H,10-11H2,1-4H3,(H,24,25)/b23-9+. The number of ether oxygens (including phenoxy) is 4. The van der Waals surface area contributed by atoms with Crippen molar-refractivity contribution in [3.05, 3.63) is 45.1 Å². The predicted octanol–water partition coefficient (Wildman–Crippen LogP) is 3.18. The van der Waals surface area contributed by atoms with Crippen LogP contribution in [0.3, 0.4) is 0 Å². The minimum Gasteiger partial charge on any atom is -0.493 e. The van der Waals surface area contributed by atoms with Gasteiger partial charge >= 0.3 is 5.97 Å². The molecule has 9 nitrogen and oxygen atoms in total. The highest BCUT2D eigenvalue weighted by atomic mass is 79.9. The lowest BCUT2D eigenvalue weighted by atomic mass is 10.1. The van der Waals surface area contributed by atoms with Crippen LogP contribution in [0.5, 0.6) is 11.5 Å². The molecular formula is C20H21BrN4O5. The molecule has 0 saturated carbocycles. The highest BCUT2D eigenvalue weighted by molar-refractivity contribution is 9.10. The number of aromatic nitrogens is 1. The van der Waals surface area contributed by atoms with E-state index in [1.54, 1.807) is 25.3 Å². The molecule has 2 aromatic rings. The van der Waals surface area contributed by atoms with Crippen LogP contribution in [0.4, 0.5) is 5.82 Å². The molecule has 0 aliphatic carbocycles. The number of nitriles is 1. The first kappa shape index (κ1) is 23.1. The van der Waals surface area contributed by atoms with E-state index in [0.717, 1.165) is 11.3 Å². The Morgan fingerprint density at radius 1 is 1.30 bits per heavy atom. The molecule has 1 N–H and O–H groups in total.